The van der Waals surface area contributed by atoms with Crippen LogP contribution in [0.15, 0.2) is 146 Å². The van der Waals surface area contributed by atoms with Gasteiger partial charge in [0.05, 0.1) is 6.04 Å². The number of rotatable bonds is 4. The fourth-order valence-corrected chi connectivity index (χ4v) is 10.4. The number of thiophene rings is 3. The van der Waals surface area contributed by atoms with Gasteiger partial charge in [-0.2, -0.15) is 0 Å². The van der Waals surface area contributed by atoms with Crippen molar-refractivity contribution in [1.82, 2.24) is 0 Å². The summed E-state index contributed by atoms with van der Waals surface area (Å²) in [6, 6.07) is 47.6. The molecule has 0 saturated heterocycles. The molecule has 0 fully saturated rings. The largest absolute Gasteiger partial charge is 0.334 e. The van der Waals surface area contributed by atoms with Gasteiger partial charge in [0, 0.05) is 71.9 Å². The molecule has 10 rings (SSSR count). The average molecular weight is 642 g/mol. The molecule has 0 bridgehead atoms. The third-order valence-electron chi connectivity index (χ3n) is 9.40. The van der Waals surface area contributed by atoms with E-state index in [0.29, 0.717) is 0 Å². The van der Waals surface area contributed by atoms with Crippen LogP contribution in [0.1, 0.15) is 12.0 Å². The standard InChI is InChI=1S/C42H27NS3/c1-4-10-37-31(7-1)34-23-27(15-20-40(34)44-37)26-13-16-28(17-14-26)43(29-18-21-41-35(24-29)32-8-2-5-11-38(32)45-41)30-19-22-42-36(25-30)33-9-3-6-12-39(33)46-42/h1-16,18-25,28H,17H2. The molecule has 1 atom stereocenters. The molecule has 3 heterocycles. The Morgan fingerprint density at radius 3 is 1.41 bits per heavy atom. The zero-order valence-corrected chi connectivity index (χ0v) is 27.3. The first-order valence-electron chi connectivity index (χ1n) is 15.7. The van der Waals surface area contributed by atoms with Crippen LogP contribution >= 0.6 is 34.0 Å². The van der Waals surface area contributed by atoms with E-state index in [1.807, 2.05) is 34.0 Å². The van der Waals surface area contributed by atoms with Gasteiger partial charge in [0.1, 0.15) is 0 Å². The quantitative estimate of drug-likeness (QED) is 0.185. The van der Waals surface area contributed by atoms with Crippen molar-refractivity contribution in [3.63, 3.8) is 0 Å². The Kier molecular flexibility index (Phi) is 5.98. The molecule has 1 unspecified atom stereocenters. The number of fused-ring (bicyclic) bond motifs is 9. The van der Waals surface area contributed by atoms with Crippen molar-refractivity contribution in [2.45, 2.75) is 12.5 Å². The minimum absolute atomic E-state index is 0.194. The van der Waals surface area contributed by atoms with Gasteiger partial charge in [-0.1, -0.05) is 78.9 Å². The minimum atomic E-state index is 0.194. The second kappa shape index (κ2) is 10.4. The highest BCUT2D eigenvalue weighted by atomic mass is 32.1. The van der Waals surface area contributed by atoms with Gasteiger partial charge in [-0.3, -0.25) is 0 Å². The first-order chi connectivity index (χ1) is 22.8. The van der Waals surface area contributed by atoms with Crippen LogP contribution in [0.2, 0.25) is 0 Å². The van der Waals surface area contributed by atoms with Crippen molar-refractivity contribution in [1.29, 1.82) is 0 Å². The lowest BCUT2D eigenvalue weighted by atomic mass is 9.94. The predicted molar refractivity (Wildman–Crippen MR) is 206 cm³/mol. The zero-order valence-electron chi connectivity index (χ0n) is 24.8. The van der Waals surface area contributed by atoms with E-state index in [1.165, 1.54) is 83.0 Å². The third-order valence-corrected chi connectivity index (χ3v) is 12.9. The topological polar surface area (TPSA) is 3.24 Å². The Labute approximate surface area is 278 Å². The summed E-state index contributed by atoms with van der Waals surface area (Å²) in [6.45, 7) is 0. The van der Waals surface area contributed by atoms with Crippen molar-refractivity contribution in [3.05, 3.63) is 151 Å². The van der Waals surface area contributed by atoms with Crippen LogP contribution in [0.5, 0.6) is 0 Å². The van der Waals surface area contributed by atoms with Crippen molar-refractivity contribution < 1.29 is 0 Å². The van der Waals surface area contributed by atoms with Gasteiger partial charge in [0.2, 0.25) is 0 Å². The fraction of sp³-hybridized carbons (Fsp3) is 0.0476. The van der Waals surface area contributed by atoms with Gasteiger partial charge in [-0.25, -0.2) is 0 Å². The Morgan fingerprint density at radius 2 is 0.913 bits per heavy atom. The molecule has 1 aliphatic carbocycles. The molecule has 0 radical (unpaired) electrons. The normalized spacial score (nSPS) is 15.1. The van der Waals surface area contributed by atoms with E-state index in [0.717, 1.165) is 6.42 Å². The Bertz CT molecular complexity index is 2590. The zero-order chi connectivity index (χ0) is 30.2. The first-order valence-corrected chi connectivity index (χ1v) is 18.1. The summed E-state index contributed by atoms with van der Waals surface area (Å²) in [5.41, 5.74) is 5.04. The van der Waals surface area contributed by atoms with E-state index in [-0.39, 0.29) is 6.04 Å². The molecule has 0 amide bonds. The van der Waals surface area contributed by atoms with E-state index < -0.39 is 0 Å². The summed E-state index contributed by atoms with van der Waals surface area (Å²) < 4.78 is 8.05. The van der Waals surface area contributed by atoms with Crippen LogP contribution in [0, 0.1) is 0 Å². The van der Waals surface area contributed by atoms with Gasteiger partial charge < -0.3 is 4.90 Å². The summed E-state index contributed by atoms with van der Waals surface area (Å²) in [7, 11) is 0. The molecule has 0 N–H and O–H groups in total. The van der Waals surface area contributed by atoms with Gasteiger partial charge in [-0.15, -0.1) is 34.0 Å². The highest BCUT2D eigenvalue weighted by Crippen LogP contribution is 2.43. The number of anilines is 2. The molecule has 6 aromatic carbocycles. The molecule has 4 heteroatoms. The Hall–Kier alpha value is -4.74. The van der Waals surface area contributed by atoms with Crippen molar-refractivity contribution in [3.8, 4) is 0 Å². The third kappa shape index (κ3) is 4.18. The lowest BCUT2D eigenvalue weighted by molar-refractivity contribution is 0.788. The highest BCUT2D eigenvalue weighted by molar-refractivity contribution is 7.26. The van der Waals surface area contributed by atoms with Gasteiger partial charge in [-0.05, 0) is 84.3 Å². The maximum Gasteiger partial charge on any atom is 0.0560 e. The average Bonchev–Trinajstić information content (AvgIpc) is 3.79. The summed E-state index contributed by atoms with van der Waals surface area (Å²) in [5.74, 6) is 0. The van der Waals surface area contributed by atoms with Crippen LogP contribution in [0.3, 0.4) is 0 Å². The van der Waals surface area contributed by atoms with Crippen LogP contribution in [-0.4, -0.2) is 6.04 Å². The van der Waals surface area contributed by atoms with Crippen molar-refractivity contribution in [2.24, 2.45) is 0 Å². The van der Waals surface area contributed by atoms with E-state index in [9.17, 15) is 0 Å². The number of hydrogen-bond donors (Lipinski definition) is 0. The molecule has 1 nitrogen and oxygen atoms in total. The molecule has 3 aromatic heterocycles. The molecule has 9 aromatic rings. The molecular weight excluding hydrogens is 615 g/mol. The van der Waals surface area contributed by atoms with Crippen LogP contribution < -0.4 is 4.90 Å². The second-order valence-corrected chi connectivity index (χ2v) is 15.3. The van der Waals surface area contributed by atoms with Crippen molar-refractivity contribution >= 4 is 111 Å². The van der Waals surface area contributed by atoms with E-state index in [1.54, 1.807) is 0 Å². The lowest BCUT2D eigenvalue weighted by Gasteiger charge is -2.33. The molecular formula is C42H27NS3. The lowest BCUT2D eigenvalue weighted by Crippen LogP contribution is -2.30. The molecule has 46 heavy (non-hydrogen) atoms. The Morgan fingerprint density at radius 1 is 0.457 bits per heavy atom. The summed E-state index contributed by atoms with van der Waals surface area (Å²) >= 11 is 5.63. The van der Waals surface area contributed by atoms with Crippen LogP contribution in [0.4, 0.5) is 11.4 Å². The predicted octanol–water partition coefficient (Wildman–Crippen LogP) is 13.3. The van der Waals surface area contributed by atoms with Gasteiger partial charge in [0.15, 0.2) is 0 Å². The highest BCUT2D eigenvalue weighted by Gasteiger charge is 2.23. The SMILES string of the molecule is C1=CC(N(c2ccc3sc4ccccc4c3c2)c2ccc3sc4ccccc4c3c2)CC=C1c1ccc2sc3ccccc3c2c1. The maximum absolute atomic E-state index is 2.55. The minimum Gasteiger partial charge on any atom is -0.334 e. The Balaban J connectivity index is 1.09. The van der Waals surface area contributed by atoms with Gasteiger partial charge >= 0.3 is 0 Å². The van der Waals surface area contributed by atoms with E-state index in [2.05, 4.69) is 151 Å². The number of benzene rings is 6. The molecule has 1 aliphatic rings. The summed E-state index contributed by atoms with van der Waals surface area (Å²) in [6.07, 6.45) is 8.12. The van der Waals surface area contributed by atoms with Gasteiger partial charge in [0.25, 0.3) is 0 Å². The number of nitrogens with zero attached hydrogens (tertiary/aromatic N) is 1. The van der Waals surface area contributed by atoms with Crippen LogP contribution in [-0.2, 0) is 0 Å². The first kappa shape index (κ1) is 26.5. The van der Waals surface area contributed by atoms with Crippen LogP contribution in [0.25, 0.3) is 66.1 Å². The maximum atomic E-state index is 2.55. The monoisotopic (exact) mass is 641 g/mol. The van der Waals surface area contributed by atoms with Crippen molar-refractivity contribution in [2.75, 3.05) is 4.90 Å². The smallest absolute Gasteiger partial charge is 0.0560 e. The molecule has 0 saturated carbocycles. The van der Waals surface area contributed by atoms with E-state index >= 15 is 0 Å². The second-order valence-electron chi connectivity index (χ2n) is 12.1. The summed E-state index contributed by atoms with van der Waals surface area (Å²) in [4.78, 5) is 2.55. The molecule has 218 valence electrons. The number of allylic oxidation sites excluding steroid dienone is 2. The molecule has 0 aliphatic heterocycles. The fourth-order valence-electron chi connectivity index (χ4n) is 7.18. The number of hydrogen-bond acceptors (Lipinski definition) is 4. The molecule has 0 spiro atoms. The summed E-state index contributed by atoms with van der Waals surface area (Å²) in [5, 5.41) is 8.03. The van der Waals surface area contributed by atoms with E-state index in [4.69, 9.17) is 0 Å².